The minimum atomic E-state index is 0.245. The van der Waals surface area contributed by atoms with Crippen molar-refractivity contribution < 1.29 is 4.79 Å². The van der Waals surface area contributed by atoms with E-state index < -0.39 is 0 Å². The monoisotopic (exact) mass is 239 g/mol. The standard InChI is InChI=1S/C13H25N3O/c1-4-12-11-8-14-7-10(11)9-16(12)6-5-13(17)15(2)3/h10-12,14H,4-9H2,1-3H3. The van der Waals surface area contributed by atoms with Crippen LogP contribution in [0.2, 0.25) is 0 Å². The summed E-state index contributed by atoms with van der Waals surface area (Å²) in [5.41, 5.74) is 0. The summed E-state index contributed by atoms with van der Waals surface area (Å²) in [5.74, 6) is 1.87. The van der Waals surface area contributed by atoms with Crippen LogP contribution in [0.3, 0.4) is 0 Å². The van der Waals surface area contributed by atoms with Crippen LogP contribution in [-0.4, -0.2) is 62.0 Å². The number of nitrogens with zero attached hydrogens (tertiary/aromatic N) is 2. The highest BCUT2D eigenvalue weighted by Gasteiger charge is 2.42. The Hall–Kier alpha value is -0.610. The molecule has 2 rings (SSSR count). The molecule has 17 heavy (non-hydrogen) atoms. The van der Waals surface area contributed by atoms with Crippen LogP contribution >= 0.6 is 0 Å². The Kier molecular flexibility index (Phi) is 4.05. The summed E-state index contributed by atoms with van der Waals surface area (Å²) in [6, 6.07) is 0.685. The van der Waals surface area contributed by atoms with Gasteiger partial charge in [-0.25, -0.2) is 0 Å². The SMILES string of the molecule is CCC1C2CNCC2CN1CCC(=O)N(C)C. The Labute approximate surface area is 104 Å². The number of likely N-dealkylation sites (tertiary alicyclic amines) is 1. The van der Waals surface area contributed by atoms with Crippen molar-refractivity contribution in [3.05, 3.63) is 0 Å². The number of carbonyl (C=O) groups is 1. The van der Waals surface area contributed by atoms with Crippen LogP contribution in [0.1, 0.15) is 19.8 Å². The second kappa shape index (κ2) is 5.36. The summed E-state index contributed by atoms with van der Waals surface area (Å²) in [4.78, 5) is 15.9. The van der Waals surface area contributed by atoms with E-state index in [1.807, 2.05) is 14.1 Å². The maximum Gasteiger partial charge on any atom is 0.223 e. The number of nitrogens with one attached hydrogen (secondary N) is 1. The molecule has 0 bridgehead atoms. The Morgan fingerprint density at radius 3 is 2.82 bits per heavy atom. The van der Waals surface area contributed by atoms with Crippen molar-refractivity contribution in [3.63, 3.8) is 0 Å². The maximum absolute atomic E-state index is 11.6. The Morgan fingerprint density at radius 2 is 2.18 bits per heavy atom. The summed E-state index contributed by atoms with van der Waals surface area (Å²) < 4.78 is 0. The first-order valence-corrected chi connectivity index (χ1v) is 6.78. The Balaban J connectivity index is 1.87. The van der Waals surface area contributed by atoms with E-state index in [2.05, 4.69) is 17.1 Å². The van der Waals surface area contributed by atoms with Gasteiger partial charge in [0, 0.05) is 39.6 Å². The molecule has 1 N–H and O–H groups in total. The summed E-state index contributed by atoms with van der Waals surface area (Å²) in [6.07, 6.45) is 1.87. The van der Waals surface area contributed by atoms with Gasteiger partial charge in [0.1, 0.15) is 0 Å². The lowest BCUT2D eigenvalue weighted by Gasteiger charge is -2.26. The molecule has 0 aromatic rings. The van der Waals surface area contributed by atoms with Crippen molar-refractivity contribution in [2.24, 2.45) is 11.8 Å². The molecule has 2 fully saturated rings. The lowest BCUT2D eigenvalue weighted by molar-refractivity contribution is -0.129. The van der Waals surface area contributed by atoms with E-state index in [9.17, 15) is 4.79 Å². The fourth-order valence-electron chi connectivity index (χ4n) is 3.39. The molecule has 98 valence electrons. The van der Waals surface area contributed by atoms with Gasteiger partial charge in [0.05, 0.1) is 0 Å². The van der Waals surface area contributed by atoms with Gasteiger partial charge in [0.25, 0.3) is 0 Å². The average molecular weight is 239 g/mol. The van der Waals surface area contributed by atoms with E-state index in [1.165, 1.54) is 26.1 Å². The molecule has 0 spiro atoms. The number of hydrogen-bond acceptors (Lipinski definition) is 3. The van der Waals surface area contributed by atoms with Gasteiger partial charge in [0.15, 0.2) is 0 Å². The predicted octanol–water partition coefficient (Wildman–Crippen LogP) is 0.395. The third-order valence-electron chi connectivity index (χ3n) is 4.35. The topological polar surface area (TPSA) is 35.6 Å². The molecule has 4 heteroatoms. The number of rotatable bonds is 4. The first-order chi connectivity index (χ1) is 8.13. The molecule has 3 atom stereocenters. The van der Waals surface area contributed by atoms with Gasteiger partial charge in [-0.3, -0.25) is 9.69 Å². The number of carbonyl (C=O) groups excluding carboxylic acids is 1. The van der Waals surface area contributed by atoms with Crippen LogP contribution < -0.4 is 5.32 Å². The molecule has 3 unspecified atom stereocenters. The van der Waals surface area contributed by atoms with Gasteiger partial charge in [-0.1, -0.05) is 6.92 Å². The number of fused-ring (bicyclic) bond motifs is 1. The van der Waals surface area contributed by atoms with E-state index in [0.717, 1.165) is 18.4 Å². The molecule has 2 saturated heterocycles. The van der Waals surface area contributed by atoms with Gasteiger partial charge in [-0.2, -0.15) is 0 Å². The smallest absolute Gasteiger partial charge is 0.223 e. The molecule has 0 aromatic carbocycles. The van der Waals surface area contributed by atoms with Crippen molar-refractivity contribution in [1.29, 1.82) is 0 Å². The summed E-state index contributed by atoms with van der Waals surface area (Å²) in [7, 11) is 3.67. The molecular weight excluding hydrogens is 214 g/mol. The molecular formula is C13H25N3O. The van der Waals surface area contributed by atoms with Gasteiger partial charge in [-0.05, 0) is 31.3 Å². The second-order valence-electron chi connectivity index (χ2n) is 5.59. The molecule has 0 aliphatic carbocycles. The number of hydrogen-bond donors (Lipinski definition) is 1. The van der Waals surface area contributed by atoms with E-state index in [-0.39, 0.29) is 5.91 Å². The molecule has 1 amide bonds. The normalized spacial score (nSPS) is 32.8. The Morgan fingerprint density at radius 1 is 1.41 bits per heavy atom. The third-order valence-corrected chi connectivity index (χ3v) is 4.35. The van der Waals surface area contributed by atoms with Gasteiger partial charge in [0.2, 0.25) is 5.91 Å². The zero-order chi connectivity index (χ0) is 12.4. The van der Waals surface area contributed by atoms with Gasteiger partial charge < -0.3 is 10.2 Å². The quantitative estimate of drug-likeness (QED) is 0.771. The highest BCUT2D eigenvalue weighted by Crippen LogP contribution is 2.34. The predicted molar refractivity (Wildman–Crippen MR) is 68.8 cm³/mol. The molecule has 0 saturated carbocycles. The maximum atomic E-state index is 11.6. The second-order valence-corrected chi connectivity index (χ2v) is 5.59. The van der Waals surface area contributed by atoms with Gasteiger partial charge >= 0.3 is 0 Å². The first-order valence-electron chi connectivity index (χ1n) is 6.78. The van der Waals surface area contributed by atoms with Crippen molar-refractivity contribution in [1.82, 2.24) is 15.1 Å². The third kappa shape index (κ3) is 2.63. The fourth-order valence-corrected chi connectivity index (χ4v) is 3.39. The van der Waals surface area contributed by atoms with Crippen LogP contribution in [0.4, 0.5) is 0 Å². The molecule has 0 aromatic heterocycles. The van der Waals surface area contributed by atoms with E-state index in [4.69, 9.17) is 0 Å². The van der Waals surface area contributed by atoms with Crippen LogP contribution in [0, 0.1) is 11.8 Å². The first kappa shape index (κ1) is 12.8. The zero-order valence-corrected chi connectivity index (χ0v) is 11.3. The van der Waals surface area contributed by atoms with E-state index in [1.54, 1.807) is 4.90 Å². The minimum Gasteiger partial charge on any atom is -0.349 e. The zero-order valence-electron chi connectivity index (χ0n) is 11.3. The van der Waals surface area contributed by atoms with Gasteiger partial charge in [-0.15, -0.1) is 0 Å². The van der Waals surface area contributed by atoms with Crippen LogP contribution in [0.15, 0.2) is 0 Å². The fraction of sp³-hybridized carbons (Fsp3) is 0.923. The largest absolute Gasteiger partial charge is 0.349 e. The van der Waals surface area contributed by atoms with Crippen molar-refractivity contribution >= 4 is 5.91 Å². The molecule has 2 aliphatic rings. The lowest BCUT2D eigenvalue weighted by Crippen LogP contribution is -2.37. The van der Waals surface area contributed by atoms with Crippen molar-refractivity contribution in [3.8, 4) is 0 Å². The van der Waals surface area contributed by atoms with Crippen LogP contribution in [-0.2, 0) is 4.79 Å². The summed E-state index contributed by atoms with van der Waals surface area (Å²) in [6.45, 7) is 6.71. The average Bonchev–Trinajstić information content (AvgIpc) is 2.84. The Bertz CT molecular complexity index is 280. The highest BCUT2D eigenvalue weighted by atomic mass is 16.2. The molecule has 0 radical (unpaired) electrons. The summed E-state index contributed by atoms with van der Waals surface area (Å²) >= 11 is 0. The molecule has 2 aliphatic heterocycles. The molecule has 4 nitrogen and oxygen atoms in total. The summed E-state index contributed by atoms with van der Waals surface area (Å²) in [5, 5.41) is 3.49. The number of amides is 1. The van der Waals surface area contributed by atoms with E-state index in [0.29, 0.717) is 12.5 Å². The minimum absolute atomic E-state index is 0.245. The van der Waals surface area contributed by atoms with Crippen molar-refractivity contribution in [2.45, 2.75) is 25.8 Å². The molecule has 2 heterocycles. The van der Waals surface area contributed by atoms with Crippen LogP contribution in [0.5, 0.6) is 0 Å². The van der Waals surface area contributed by atoms with Crippen LogP contribution in [0.25, 0.3) is 0 Å². The lowest BCUT2D eigenvalue weighted by atomic mass is 9.93. The van der Waals surface area contributed by atoms with E-state index >= 15 is 0 Å². The highest BCUT2D eigenvalue weighted by molar-refractivity contribution is 5.75. The van der Waals surface area contributed by atoms with Crippen molar-refractivity contribution in [2.75, 3.05) is 40.3 Å².